The molecule has 0 aliphatic carbocycles. The summed E-state index contributed by atoms with van der Waals surface area (Å²) in [5, 5.41) is 2.91. The lowest BCUT2D eigenvalue weighted by Crippen LogP contribution is -2.36. The zero-order valence-electron chi connectivity index (χ0n) is 9.74. The van der Waals surface area contributed by atoms with Gasteiger partial charge in [0, 0.05) is 19.2 Å². The average molecular weight is 271 g/mol. The number of carbonyl (C=O) groups excluding carboxylic acids is 2. The van der Waals surface area contributed by atoms with Gasteiger partial charge in [0.15, 0.2) is 0 Å². The number of benzene rings is 1. The van der Waals surface area contributed by atoms with Crippen LogP contribution in [0.3, 0.4) is 0 Å². The second-order valence-corrected chi connectivity index (χ2v) is 4.55. The number of hydrogen-bond acceptors (Lipinski definition) is 3. The van der Waals surface area contributed by atoms with E-state index < -0.39 is 11.9 Å². The highest BCUT2D eigenvalue weighted by atomic mass is 35.5. The highest BCUT2D eigenvalue weighted by molar-refractivity contribution is 6.30. The number of halogens is 2. The quantitative estimate of drug-likeness (QED) is 0.843. The monoisotopic (exact) mass is 270 g/mol. The molecule has 2 rings (SSSR count). The van der Waals surface area contributed by atoms with Gasteiger partial charge in [0.05, 0.1) is 17.5 Å². The summed E-state index contributed by atoms with van der Waals surface area (Å²) in [5.41, 5.74) is 0.373. The molecule has 1 aromatic carbocycles. The zero-order valence-corrected chi connectivity index (χ0v) is 10.5. The van der Waals surface area contributed by atoms with Gasteiger partial charge in [-0.05, 0) is 6.07 Å². The first-order chi connectivity index (χ1) is 8.50. The molecule has 1 atom stereocenters. The summed E-state index contributed by atoms with van der Waals surface area (Å²) in [6.45, 7) is 0.157. The van der Waals surface area contributed by atoms with Crippen LogP contribution in [0.2, 0.25) is 5.02 Å². The molecule has 4 nitrogen and oxygen atoms in total. The standard InChI is InChI=1S/C12H12ClFN2O2/c1-16-10(17)5-9(12(16)18)15-6-7-3-2-4-8(13)11(7)14/h2-4,9,15H,5-6H2,1H3. The number of nitrogens with zero attached hydrogens (tertiary/aromatic N) is 1. The van der Waals surface area contributed by atoms with E-state index in [1.165, 1.54) is 13.1 Å². The van der Waals surface area contributed by atoms with Gasteiger partial charge >= 0.3 is 0 Å². The fourth-order valence-electron chi connectivity index (χ4n) is 1.83. The minimum Gasteiger partial charge on any atom is -0.301 e. The molecule has 1 aliphatic heterocycles. The van der Waals surface area contributed by atoms with E-state index in [2.05, 4.69) is 5.32 Å². The van der Waals surface area contributed by atoms with Crippen molar-refractivity contribution in [3.05, 3.63) is 34.6 Å². The Kier molecular flexibility index (Phi) is 3.63. The van der Waals surface area contributed by atoms with Gasteiger partial charge in [-0.15, -0.1) is 0 Å². The number of nitrogens with one attached hydrogen (secondary N) is 1. The number of amides is 2. The van der Waals surface area contributed by atoms with Crippen molar-refractivity contribution < 1.29 is 14.0 Å². The fraction of sp³-hybridized carbons (Fsp3) is 0.333. The van der Waals surface area contributed by atoms with E-state index in [9.17, 15) is 14.0 Å². The maximum absolute atomic E-state index is 13.6. The van der Waals surface area contributed by atoms with Gasteiger partial charge in [0.1, 0.15) is 5.82 Å². The molecule has 0 aromatic heterocycles. The highest BCUT2D eigenvalue weighted by Gasteiger charge is 2.35. The van der Waals surface area contributed by atoms with E-state index in [1.807, 2.05) is 0 Å². The first-order valence-electron chi connectivity index (χ1n) is 5.47. The Morgan fingerprint density at radius 2 is 2.22 bits per heavy atom. The highest BCUT2D eigenvalue weighted by Crippen LogP contribution is 2.18. The Morgan fingerprint density at radius 1 is 1.50 bits per heavy atom. The molecule has 1 heterocycles. The zero-order chi connectivity index (χ0) is 13.3. The third-order valence-electron chi connectivity index (χ3n) is 2.95. The van der Waals surface area contributed by atoms with E-state index in [1.54, 1.807) is 12.1 Å². The molecule has 0 spiro atoms. The molecular formula is C12H12ClFN2O2. The summed E-state index contributed by atoms with van der Waals surface area (Å²) in [4.78, 5) is 24.0. The Balaban J connectivity index is 2.03. The topological polar surface area (TPSA) is 49.4 Å². The van der Waals surface area contributed by atoms with Crippen LogP contribution in [0.1, 0.15) is 12.0 Å². The van der Waals surface area contributed by atoms with E-state index in [-0.39, 0.29) is 29.8 Å². The Morgan fingerprint density at radius 3 is 2.83 bits per heavy atom. The number of likely N-dealkylation sites (N-methyl/N-ethyl adjacent to an activating group) is 1. The van der Waals surface area contributed by atoms with Crippen molar-refractivity contribution in [1.29, 1.82) is 0 Å². The van der Waals surface area contributed by atoms with Gasteiger partial charge in [0.2, 0.25) is 11.8 Å². The molecule has 1 saturated heterocycles. The van der Waals surface area contributed by atoms with Crippen molar-refractivity contribution in [1.82, 2.24) is 10.2 Å². The largest absolute Gasteiger partial charge is 0.301 e. The van der Waals surface area contributed by atoms with Crippen molar-refractivity contribution in [3.63, 3.8) is 0 Å². The van der Waals surface area contributed by atoms with Gasteiger partial charge in [-0.2, -0.15) is 0 Å². The van der Waals surface area contributed by atoms with Gasteiger partial charge in [0.25, 0.3) is 0 Å². The number of likely N-dealkylation sites (tertiary alicyclic amines) is 1. The first-order valence-corrected chi connectivity index (χ1v) is 5.85. The summed E-state index contributed by atoms with van der Waals surface area (Å²) >= 11 is 5.65. The van der Waals surface area contributed by atoms with Crippen molar-refractivity contribution >= 4 is 23.4 Å². The molecule has 18 heavy (non-hydrogen) atoms. The Labute approximate surface area is 109 Å². The second-order valence-electron chi connectivity index (χ2n) is 4.14. The summed E-state index contributed by atoms with van der Waals surface area (Å²) in [6.07, 6.45) is 0.109. The van der Waals surface area contributed by atoms with Gasteiger partial charge < -0.3 is 5.32 Å². The van der Waals surface area contributed by atoms with Crippen LogP contribution in [-0.2, 0) is 16.1 Å². The summed E-state index contributed by atoms with van der Waals surface area (Å²) in [7, 11) is 1.44. The molecule has 0 saturated carbocycles. The van der Waals surface area contributed by atoms with Crippen LogP contribution in [0.15, 0.2) is 18.2 Å². The van der Waals surface area contributed by atoms with Crippen LogP contribution >= 0.6 is 11.6 Å². The van der Waals surface area contributed by atoms with E-state index >= 15 is 0 Å². The van der Waals surface area contributed by atoms with Gasteiger partial charge in [-0.3, -0.25) is 14.5 Å². The summed E-state index contributed by atoms with van der Waals surface area (Å²) in [6, 6.07) is 4.09. The van der Waals surface area contributed by atoms with Crippen molar-refractivity contribution in [2.45, 2.75) is 19.0 Å². The number of rotatable bonds is 3. The predicted molar refractivity (Wildman–Crippen MR) is 64.4 cm³/mol. The maximum Gasteiger partial charge on any atom is 0.246 e. The van der Waals surface area contributed by atoms with Crippen LogP contribution in [-0.4, -0.2) is 29.8 Å². The second kappa shape index (κ2) is 5.04. The Hall–Kier alpha value is -1.46. The molecule has 2 amide bonds. The molecule has 1 unspecified atom stereocenters. The first kappa shape index (κ1) is 13.0. The van der Waals surface area contributed by atoms with Crippen LogP contribution in [0.4, 0.5) is 4.39 Å². The summed E-state index contributed by atoms with van der Waals surface area (Å²) in [5.74, 6) is -1.02. The third kappa shape index (κ3) is 2.37. The molecule has 1 aliphatic rings. The molecule has 0 bridgehead atoms. The lowest BCUT2D eigenvalue weighted by atomic mass is 10.2. The van der Waals surface area contributed by atoms with Crippen molar-refractivity contribution in [3.8, 4) is 0 Å². The minimum atomic E-state index is -0.583. The molecule has 0 radical (unpaired) electrons. The number of hydrogen-bond donors (Lipinski definition) is 1. The van der Waals surface area contributed by atoms with Crippen molar-refractivity contribution in [2.24, 2.45) is 0 Å². The predicted octanol–water partition coefficient (Wildman–Crippen LogP) is 1.33. The molecular weight excluding hydrogens is 259 g/mol. The van der Waals surface area contributed by atoms with Crippen LogP contribution in [0, 0.1) is 5.82 Å². The number of imide groups is 1. The van der Waals surface area contributed by atoms with Crippen LogP contribution in [0.5, 0.6) is 0 Å². The van der Waals surface area contributed by atoms with Gasteiger partial charge in [-0.1, -0.05) is 23.7 Å². The lowest BCUT2D eigenvalue weighted by molar-refractivity contribution is -0.137. The Bertz CT molecular complexity index is 507. The fourth-order valence-corrected chi connectivity index (χ4v) is 2.03. The lowest BCUT2D eigenvalue weighted by Gasteiger charge is -2.11. The average Bonchev–Trinajstić information content (AvgIpc) is 2.59. The molecule has 1 fully saturated rings. The molecule has 6 heteroatoms. The normalized spacial score (nSPS) is 19.7. The summed E-state index contributed by atoms with van der Waals surface area (Å²) < 4.78 is 13.6. The van der Waals surface area contributed by atoms with Crippen LogP contribution < -0.4 is 5.32 Å². The maximum atomic E-state index is 13.6. The van der Waals surface area contributed by atoms with Crippen molar-refractivity contribution in [2.75, 3.05) is 7.05 Å². The third-order valence-corrected chi connectivity index (χ3v) is 3.24. The SMILES string of the molecule is CN1C(=O)CC(NCc2cccc(Cl)c2F)C1=O. The van der Waals surface area contributed by atoms with E-state index in [0.717, 1.165) is 4.90 Å². The molecule has 96 valence electrons. The molecule has 1 N–H and O–H groups in total. The van der Waals surface area contributed by atoms with Crippen LogP contribution in [0.25, 0.3) is 0 Å². The molecule has 1 aromatic rings. The van der Waals surface area contributed by atoms with E-state index in [0.29, 0.717) is 5.56 Å². The minimum absolute atomic E-state index is 0.0419. The van der Waals surface area contributed by atoms with Gasteiger partial charge in [-0.25, -0.2) is 4.39 Å². The smallest absolute Gasteiger partial charge is 0.246 e. The van der Waals surface area contributed by atoms with E-state index in [4.69, 9.17) is 11.6 Å². The number of carbonyl (C=O) groups is 2.